The van der Waals surface area contributed by atoms with E-state index >= 15 is 0 Å². The van der Waals surface area contributed by atoms with E-state index in [9.17, 15) is 0 Å². The highest BCUT2D eigenvalue weighted by atomic mass is 16.5. The molecule has 0 aliphatic carbocycles. The summed E-state index contributed by atoms with van der Waals surface area (Å²) >= 11 is 0. The summed E-state index contributed by atoms with van der Waals surface area (Å²) in [7, 11) is 1.59. The lowest BCUT2D eigenvalue weighted by atomic mass is 10.2. The van der Waals surface area contributed by atoms with Crippen LogP contribution in [0, 0.1) is 6.92 Å². The van der Waals surface area contributed by atoms with Gasteiger partial charge in [0, 0.05) is 18.2 Å². The van der Waals surface area contributed by atoms with Gasteiger partial charge in [-0.1, -0.05) is 6.07 Å². The molecule has 0 saturated heterocycles. The smallest absolute Gasteiger partial charge is 0.213 e. The van der Waals surface area contributed by atoms with Crippen LogP contribution in [0.1, 0.15) is 17.1 Å². The van der Waals surface area contributed by atoms with Gasteiger partial charge in [0.05, 0.1) is 18.5 Å². The summed E-state index contributed by atoms with van der Waals surface area (Å²) in [6, 6.07) is 9.43. The molecule has 0 saturated carbocycles. The topological polar surface area (TPSA) is 70.3 Å². The number of aryl methyl sites for hydroxylation is 1. The standard InChI is InChI=1S/C15H19N3O2/c1-11-6-7-14(13(17-11)8-9-16)20-10-12-4-3-5-15(18-12)19-2/h3-7H,8-10,16H2,1-2H3. The highest BCUT2D eigenvalue weighted by Gasteiger charge is 2.06. The molecule has 2 N–H and O–H groups in total. The quantitative estimate of drug-likeness (QED) is 0.870. The minimum absolute atomic E-state index is 0.375. The molecular formula is C15H19N3O2. The predicted octanol–water partition coefficient (Wildman–Crippen LogP) is 1.87. The van der Waals surface area contributed by atoms with E-state index in [-0.39, 0.29) is 0 Å². The van der Waals surface area contributed by atoms with Crippen LogP contribution in [0.3, 0.4) is 0 Å². The molecule has 0 amide bonds. The molecule has 0 atom stereocenters. The zero-order valence-electron chi connectivity index (χ0n) is 11.8. The maximum absolute atomic E-state index is 5.79. The number of nitrogens with zero attached hydrogens (tertiary/aromatic N) is 2. The van der Waals surface area contributed by atoms with Crippen molar-refractivity contribution in [2.45, 2.75) is 20.0 Å². The summed E-state index contributed by atoms with van der Waals surface area (Å²) in [4.78, 5) is 8.77. The van der Waals surface area contributed by atoms with Gasteiger partial charge in [0.15, 0.2) is 0 Å². The molecule has 0 aromatic carbocycles. The molecule has 0 unspecified atom stereocenters. The van der Waals surface area contributed by atoms with Gasteiger partial charge in [-0.15, -0.1) is 0 Å². The van der Waals surface area contributed by atoms with Gasteiger partial charge in [0.2, 0.25) is 5.88 Å². The molecule has 0 aliphatic heterocycles. The predicted molar refractivity (Wildman–Crippen MR) is 76.9 cm³/mol. The Labute approximate surface area is 118 Å². The Bertz CT molecular complexity index is 573. The van der Waals surface area contributed by atoms with Crippen LogP contribution in [0.2, 0.25) is 0 Å². The molecular weight excluding hydrogens is 254 g/mol. The van der Waals surface area contributed by atoms with Gasteiger partial charge < -0.3 is 15.2 Å². The summed E-state index contributed by atoms with van der Waals surface area (Å²) in [6.45, 7) is 2.87. The molecule has 106 valence electrons. The molecule has 2 rings (SSSR count). The highest BCUT2D eigenvalue weighted by molar-refractivity contribution is 5.30. The van der Waals surface area contributed by atoms with Crippen molar-refractivity contribution in [2.24, 2.45) is 5.73 Å². The van der Waals surface area contributed by atoms with E-state index in [1.165, 1.54) is 0 Å². The second-order valence-electron chi connectivity index (χ2n) is 4.40. The second kappa shape index (κ2) is 6.86. The third-order valence-electron chi connectivity index (χ3n) is 2.82. The maximum Gasteiger partial charge on any atom is 0.213 e. The number of nitrogens with two attached hydrogens (primary N) is 1. The first kappa shape index (κ1) is 14.3. The molecule has 0 bridgehead atoms. The molecule has 2 aromatic heterocycles. The largest absolute Gasteiger partial charge is 0.485 e. The fourth-order valence-electron chi connectivity index (χ4n) is 1.85. The highest BCUT2D eigenvalue weighted by Crippen LogP contribution is 2.19. The Balaban J connectivity index is 2.09. The summed E-state index contributed by atoms with van der Waals surface area (Å²) < 4.78 is 10.9. The van der Waals surface area contributed by atoms with Crippen molar-refractivity contribution in [1.29, 1.82) is 0 Å². The minimum Gasteiger partial charge on any atom is -0.485 e. The minimum atomic E-state index is 0.375. The lowest BCUT2D eigenvalue weighted by Gasteiger charge is -2.11. The number of aromatic nitrogens is 2. The molecule has 0 fully saturated rings. The van der Waals surface area contributed by atoms with Gasteiger partial charge in [-0.25, -0.2) is 4.98 Å². The van der Waals surface area contributed by atoms with Gasteiger partial charge in [-0.05, 0) is 31.7 Å². The Morgan fingerprint density at radius 2 is 2.00 bits per heavy atom. The van der Waals surface area contributed by atoms with E-state index in [2.05, 4.69) is 9.97 Å². The molecule has 2 heterocycles. The number of ether oxygens (including phenoxy) is 2. The van der Waals surface area contributed by atoms with Crippen LogP contribution < -0.4 is 15.2 Å². The van der Waals surface area contributed by atoms with E-state index in [0.717, 1.165) is 22.8 Å². The molecule has 20 heavy (non-hydrogen) atoms. The van der Waals surface area contributed by atoms with Crippen molar-refractivity contribution in [1.82, 2.24) is 9.97 Å². The van der Waals surface area contributed by atoms with Crippen LogP contribution in [0.15, 0.2) is 30.3 Å². The van der Waals surface area contributed by atoms with Crippen molar-refractivity contribution >= 4 is 0 Å². The van der Waals surface area contributed by atoms with Crippen molar-refractivity contribution in [3.05, 3.63) is 47.4 Å². The van der Waals surface area contributed by atoms with Gasteiger partial charge >= 0.3 is 0 Å². The first-order valence-corrected chi connectivity index (χ1v) is 6.52. The van der Waals surface area contributed by atoms with Crippen LogP contribution in [-0.2, 0) is 13.0 Å². The van der Waals surface area contributed by atoms with Crippen LogP contribution in [0.5, 0.6) is 11.6 Å². The van der Waals surface area contributed by atoms with E-state index in [4.69, 9.17) is 15.2 Å². The Morgan fingerprint density at radius 1 is 1.15 bits per heavy atom. The van der Waals surface area contributed by atoms with E-state index in [1.54, 1.807) is 13.2 Å². The van der Waals surface area contributed by atoms with Crippen molar-refractivity contribution in [3.63, 3.8) is 0 Å². The fraction of sp³-hybridized carbons (Fsp3) is 0.333. The maximum atomic E-state index is 5.79. The average Bonchev–Trinajstić information content (AvgIpc) is 2.47. The number of hydrogen-bond donors (Lipinski definition) is 1. The monoisotopic (exact) mass is 273 g/mol. The van der Waals surface area contributed by atoms with Crippen molar-refractivity contribution < 1.29 is 9.47 Å². The number of pyridine rings is 2. The lowest BCUT2D eigenvalue weighted by Crippen LogP contribution is -2.08. The number of methoxy groups -OCH3 is 1. The van der Waals surface area contributed by atoms with E-state index in [1.807, 2.05) is 31.2 Å². The summed E-state index contributed by atoms with van der Waals surface area (Å²) in [5, 5.41) is 0. The SMILES string of the molecule is COc1cccc(COc2ccc(C)nc2CCN)n1. The Kier molecular flexibility index (Phi) is 4.90. The van der Waals surface area contributed by atoms with Gasteiger partial charge in [-0.3, -0.25) is 4.98 Å². The first-order chi connectivity index (χ1) is 9.72. The van der Waals surface area contributed by atoms with Gasteiger partial charge in [-0.2, -0.15) is 0 Å². The van der Waals surface area contributed by atoms with Crippen LogP contribution in [0.4, 0.5) is 0 Å². The van der Waals surface area contributed by atoms with Crippen LogP contribution >= 0.6 is 0 Å². The van der Waals surface area contributed by atoms with Gasteiger partial charge in [0.25, 0.3) is 0 Å². The zero-order valence-corrected chi connectivity index (χ0v) is 11.8. The van der Waals surface area contributed by atoms with Crippen LogP contribution in [0.25, 0.3) is 0 Å². The molecule has 5 heteroatoms. The fourth-order valence-corrected chi connectivity index (χ4v) is 1.85. The summed E-state index contributed by atoms with van der Waals surface area (Å²) in [6.07, 6.45) is 0.697. The Hall–Kier alpha value is -2.14. The number of rotatable bonds is 6. The summed E-state index contributed by atoms with van der Waals surface area (Å²) in [5.41, 5.74) is 8.25. The Morgan fingerprint density at radius 3 is 2.75 bits per heavy atom. The molecule has 2 aromatic rings. The molecule has 0 spiro atoms. The lowest BCUT2D eigenvalue weighted by molar-refractivity contribution is 0.293. The molecule has 5 nitrogen and oxygen atoms in total. The summed E-state index contributed by atoms with van der Waals surface area (Å²) in [5.74, 6) is 1.33. The normalized spacial score (nSPS) is 10.3. The van der Waals surface area contributed by atoms with E-state index < -0.39 is 0 Å². The third kappa shape index (κ3) is 3.68. The molecule has 0 aliphatic rings. The second-order valence-corrected chi connectivity index (χ2v) is 4.40. The van der Waals surface area contributed by atoms with Crippen LogP contribution in [-0.4, -0.2) is 23.6 Å². The van der Waals surface area contributed by atoms with E-state index in [0.29, 0.717) is 25.5 Å². The van der Waals surface area contributed by atoms with Crippen molar-refractivity contribution in [3.8, 4) is 11.6 Å². The van der Waals surface area contributed by atoms with Gasteiger partial charge in [0.1, 0.15) is 12.4 Å². The third-order valence-corrected chi connectivity index (χ3v) is 2.82. The zero-order chi connectivity index (χ0) is 14.4. The average molecular weight is 273 g/mol. The van der Waals surface area contributed by atoms with Crippen molar-refractivity contribution in [2.75, 3.05) is 13.7 Å². The molecule has 0 radical (unpaired) electrons. The number of hydrogen-bond acceptors (Lipinski definition) is 5. The first-order valence-electron chi connectivity index (χ1n) is 6.52.